The molecule has 0 N–H and O–H groups in total. The molecule has 0 aliphatic heterocycles. The first-order valence-electron chi connectivity index (χ1n) is 10.1. The standard InChI is InChI=1S/C24H30O2/c1-3-5-6-18-7-16-23(24(25)17-18)21-10-8-19(9-11-21)20-12-14-22(15-13-20)26-4-2/h8-15,18,23H,3-7,16-17H2,1-2H3. The lowest BCUT2D eigenvalue weighted by atomic mass is 9.76. The predicted octanol–water partition coefficient (Wildman–Crippen LogP) is 6.40. The van der Waals surface area contributed by atoms with Crippen LogP contribution in [0, 0.1) is 5.92 Å². The molecule has 0 saturated heterocycles. The van der Waals surface area contributed by atoms with Gasteiger partial charge in [0.2, 0.25) is 0 Å². The predicted molar refractivity (Wildman–Crippen MR) is 108 cm³/mol. The van der Waals surface area contributed by atoms with Crippen molar-refractivity contribution in [1.29, 1.82) is 0 Å². The number of Topliss-reactive ketones (excluding diaryl/α,β-unsaturated/α-hetero) is 1. The minimum absolute atomic E-state index is 0.0993. The van der Waals surface area contributed by atoms with Crippen LogP contribution in [0.5, 0.6) is 5.75 Å². The van der Waals surface area contributed by atoms with Crippen molar-refractivity contribution in [2.24, 2.45) is 5.92 Å². The highest BCUT2D eigenvalue weighted by Crippen LogP contribution is 2.36. The number of carbonyl (C=O) groups excluding carboxylic acids is 1. The Kier molecular flexibility index (Phi) is 6.49. The van der Waals surface area contributed by atoms with Gasteiger partial charge in [-0.1, -0.05) is 62.6 Å². The van der Waals surface area contributed by atoms with Crippen LogP contribution in [0.3, 0.4) is 0 Å². The molecule has 138 valence electrons. The molecule has 0 bridgehead atoms. The van der Waals surface area contributed by atoms with Crippen LogP contribution in [0.15, 0.2) is 48.5 Å². The van der Waals surface area contributed by atoms with Gasteiger partial charge in [0, 0.05) is 12.3 Å². The van der Waals surface area contributed by atoms with Crippen molar-refractivity contribution in [3.63, 3.8) is 0 Å². The lowest BCUT2D eigenvalue weighted by Gasteiger charge is -2.27. The fraction of sp³-hybridized carbons (Fsp3) is 0.458. The van der Waals surface area contributed by atoms with Gasteiger partial charge in [0.15, 0.2) is 0 Å². The summed E-state index contributed by atoms with van der Waals surface area (Å²) < 4.78 is 5.50. The van der Waals surface area contributed by atoms with Crippen LogP contribution in [0.1, 0.15) is 63.9 Å². The smallest absolute Gasteiger partial charge is 0.140 e. The Bertz CT molecular complexity index is 700. The average Bonchev–Trinajstić information content (AvgIpc) is 2.68. The zero-order valence-corrected chi connectivity index (χ0v) is 16.0. The van der Waals surface area contributed by atoms with Crippen molar-refractivity contribution < 1.29 is 9.53 Å². The van der Waals surface area contributed by atoms with Crippen molar-refractivity contribution in [2.45, 2.75) is 58.3 Å². The van der Waals surface area contributed by atoms with Gasteiger partial charge in [-0.3, -0.25) is 4.79 Å². The summed E-state index contributed by atoms with van der Waals surface area (Å²) in [5, 5.41) is 0. The van der Waals surface area contributed by atoms with E-state index in [0.29, 0.717) is 18.3 Å². The van der Waals surface area contributed by atoms with Crippen molar-refractivity contribution in [3.05, 3.63) is 54.1 Å². The van der Waals surface area contributed by atoms with Crippen LogP contribution in [-0.4, -0.2) is 12.4 Å². The van der Waals surface area contributed by atoms with Crippen LogP contribution in [0.4, 0.5) is 0 Å². The third-order valence-electron chi connectivity index (χ3n) is 5.52. The average molecular weight is 351 g/mol. The summed E-state index contributed by atoms with van der Waals surface area (Å²) in [6.07, 6.45) is 6.66. The van der Waals surface area contributed by atoms with E-state index in [4.69, 9.17) is 4.74 Å². The maximum Gasteiger partial charge on any atom is 0.140 e. The number of hydrogen-bond donors (Lipinski definition) is 0. The molecule has 1 fully saturated rings. The Hall–Kier alpha value is -2.09. The van der Waals surface area contributed by atoms with E-state index in [9.17, 15) is 4.79 Å². The molecule has 1 saturated carbocycles. The SMILES string of the molecule is CCCCC1CCC(c2ccc(-c3ccc(OCC)cc3)cc2)C(=O)C1. The quantitative estimate of drug-likeness (QED) is 0.578. The number of rotatable bonds is 7. The van der Waals surface area contributed by atoms with E-state index in [2.05, 4.69) is 43.3 Å². The Morgan fingerprint density at radius 3 is 2.15 bits per heavy atom. The lowest BCUT2D eigenvalue weighted by Crippen LogP contribution is -2.23. The van der Waals surface area contributed by atoms with E-state index in [1.165, 1.54) is 42.4 Å². The van der Waals surface area contributed by atoms with E-state index in [0.717, 1.165) is 18.6 Å². The zero-order chi connectivity index (χ0) is 18.4. The van der Waals surface area contributed by atoms with E-state index in [1.807, 2.05) is 19.1 Å². The molecule has 0 amide bonds. The molecule has 2 heteroatoms. The monoisotopic (exact) mass is 350 g/mol. The Morgan fingerprint density at radius 1 is 0.923 bits per heavy atom. The molecule has 0 heterocycles. The van der Waals surface area contributed by atoms with E-state index >= 15 is 0 Å². The minimum Gasteiger partial charge on any atom is -0.494 e. The van der Waals surface area contributed by atoms with Gasteiger partial charge < -0.3 is 4.74 Å². The normalized spacial score (nSPS) is 20.2. The molecule has 2 aromatic carbocycles. The molecular formula is C24H30O2. The molecule has 2 atom stereocenters. The molecular weight excluding hydrogens is 320 g/mol. The van der Waals surface area contributed by atoms with Gasteiger partial charge in [0.05, 0.1) is 6.61 Å². The number of benzene rings is 2. The Morgan fingerprint density at radius 2 is 1.58 bits per heavy atom. The second-order valence-corrected chi connectivity index (χ2v) is 7.39. The van der Waals surface area contributed by atoms with Crippen LogP contribution in [-0.2, 0) is 4.79 Å². The highest BCUT2D eigenvalue weighted by Gasteiger charge is 2.29. The summed E-state index contributed by atoms with van der Waals surface area (Å²) >= 11 is 0. The first-order valence-corrected chi connectivity index (χ1v) is 10.1. The molecule has 0 radical (unpaired) electrons. The molecule has 1 aliphatic carbocycles. The molecule has 0 aromatic heterocycles. The van der Waals surface area contributed by atoms with Crippen LogP contribution in [0.2, 0.25) is 0 Å². The molecule has 2 nitrogen and oxygen atoms in total. The van der Waals surface area contributed by atoms with E-state index < -0.39 is 0 Å². The fourth-order valence-corrected chi connectivity index (χ4v) is 4.00. The van der Waals surface area contributed by atoms with Crippen molar-refractivity contribution in [2.75, 3.05) is 6.61 Å². The number of ether oxygens (including phenoxy) is 1. The number of unbranched alkanes of at least 4 members (excludes halogenated alkanes) is 1. The van der Waals surface area contributed by atoms with Crippen molar-refractivity contribution in [1.82, 2.24) is 0 Å². The first kappa shape index (κ1) is 18.7. The van der Waals surface area contributed by atoms with Gasteiger partial charge in [0.1, 0.15) is 11.5 Å². The summed E-state index contributed by atoms with van der Waals surface area (Å²) in [6, 6.07) is 16.8. The third kappa shape index (κ3) is 4.55. The topological polar surface area (TPSA) is 26.3 Å². The number of ketones is 1. The summed E-state index contributed by atoms with van der Waals surface area (Å²) in [7, 11) is 0. The second-order valence-electron chi connectivity index (χ2n) is 7.39. The summed E-state index contributed by atoms with van der Waals surface area (Å²) in [5.41, 5.74) is 3.54. The lowest BCUT2D eigenvalue weighted by molar-refractivity contribution is -0.123. The highest BCUT2D eigenvalue weighted by atomic mass is 16.5. The van der Waals surface area contributed by atoms with Gasteiger partial charge in [-0.15, -0.1) is 0 Å². The van der Waals surface area contributed by atoms with Gasteiger partial charge in [-0.2, -0.15) is 0 Å². The summed E-state index contributed by atoms with van der Waals surface area (Å²) in [6.45, 7) is 4.90. The minimum atomic E-state index is 0.0993. The second kappa shape index (κ2) is 9.02. The van der Waals surface area contributed by atoms with E-state index in [-0.39, 0.29) is 5.92 Å². The van der Waals surface area contributed by atoms with Crippen LogP contribution >= 0.6 is 0 Å². The highest BCUT2D eigenvalue weighted by molar-refractivity contribution is 5.86. The van der Waals surface area contributed by atoms with Crippen molar-refractivity contribution >= 4 is 5.78 Å². The van der Waals surface area contributed by atoms with Crippen molar-refractivity contribution in [3.8, 4) is 16.9 Å². The van der Waals surface area contributed by atoms with Gasteiger partial charge in [0.25, 0.3) is 0 Å². The van der Waals surface area contributed by atoms with Gasteiger partial charge >= 0.3 is 0 Å². The summed E-state index contributed by atoms with van der Waals surface area (Å²) in [5.74, 6) is 2.05. The third-order valence-corrected chi connectivity index (χ3v) is 5.52. The maximum absolute atomic E-state index is 12.6. The molecule has 2 aromatic rings. The summed E-state index contributed by atoms with van der Waals surface area (Å²) in [4.78, 5) is 12.6. The molecule has 2 unspecified atom stereocenters. The number of hydrogen-bond acceptors (Lipinski definition) is 2. The van der Waals surface area contributed by atoms with E-state index in [1.54, 1.807) is 0 Å². The van der Waals surface area contributed by atoms with Gasteiger partial charge in [-0.25, -0.2) is 0 Å². The number of carbonyl (C=O) groups is 1. The van der Waals surface area contributed by atoms with Crippen LogP contribution in [0.25, 0.3) is 11.1 Å². The molecule has 0 spiro atoms. The first-order chi connectivity index (χ1) is 12.7. The Balaban J connectivity index is 1.65. The van der Waals surface area contributed by atoms with Gasteiger partial charge in [-0.05, 0) is 54.5 Å². The Labute approximate surface area is 157 Å². The largest absolute Gasteiger partial charge is 0.494 e. The molecule has 26 heavy (non-hydrogen) atoms. The van der Waals surface area contributed by atoms with Crippen LogP contribution < -0.4 is 4.74 Å². The maximum atomic E-state index is 12.6. The molecule has 3 rings (SSSR count). The zero-order valence-electron chi connectivity index (χ0n) is 16.0. The molecule has 1 aliphatic rings. The fourth-order valence-electron chi connectivity index (χ4n) is 4.00.